The third-order valence-corrected chi connectivity index (χ3v) is 6.42. The predicted octanol–water partition coefficient (Wildman–Crippen LogP) is 2.47. The Balaban J connectivity index is 1.64. The van der Waals surface area contributed by atoms with Crippen LogP contribution in [0.25, 0.3) is 0 Å². The van der Waals surface area contributed by atoms with Crippen LogP contribution >= 0.6 is 0 Å². The van der Waals surface area contributed by atoms with E-state index in [1.807, 2.05) is 0 Å². The maximum Gasteiger partial charge on any atom is 0.279 e. The number of nitrogens with one attached hydrogen (secondary N) is 1. The van der Waals surface area contributed by atoms with Crippen LogP contribution in [0, 0.1) is 11.7 Å². The summed E-state index contributed by atoms with van der Waals surface area (Å²) in [7, 11) is -3.35. The van der Waals surface area contributed by atoms with Gasteiger partial charge in [-0.15, -0.1) is 0 Å². The molecule has 6 heteroatoms. The number of rotatable bonds is 5. The maximum atomic E-state index is 13.0. The Bertz CT molecular complexity index is 597. The van der Waals surface area contributed by atoms with Crippen molar-refractivity contribution in [1.29, 1.82) is 0 Å². The van der Waals surface area contributed by atoms with Gasteiger partial charge in [-0.25, -0.2) is 4.39 Å². The molecule has 1 aliphatic carbocycles. The monoisotopic (exact) mass is 326 g/mol. The summed E-state index contributed by atoms with van der Waals surface area (Å²) in [6.45, 7) is 1.26. The third-order valence-electron chi connectivity index (χ3n) is 4.78. The number of benzene rings is 1. The molecule has 0 unspecified atom stereocenters. The first kappa shape index (κ1) is 15.9. The van der Waals surface area contributed by atoms with Crippen LogP contribution in [0.4, 0.5) is 4.39 Å². The largest absolute Gasteiger partial charge is 0.279 e. The molecule has 22 heavy (non-hydrogen) atoms. The summed E-state index contributed by atoms with van der Waals surface area (Å²) in [5.41, 5.74) is 1.07. The van der Waals surface area contributed by atoms with Gasteiger partial charge in [0.2, 0.25) is 0 Å². The Hall–Kier alpha value is -0.980. The SMILES string of the molecule is O=S(=O)(N[C@H]1CCC[C@H]1Cc1ccc(F)cc1)N1CCCC1. The Morgan fingerprint density at radius 3 is 2.45 bits per heavy atom. The fraction of sp³-hybridized carbons (Fsp3) is 0.625. The van der Waals surface area contributed by atoms with E-state index in [9.17, 15) is 12.8 Å². The topological polar surface area (TPSA) is 49.4 Å². The van der Waals surface area contributed by atoms with Crippen molar-refractivity contribution < 1.29 is 12.8 Å². The Labute approximate surface area is 131 Å². The zero-order valence-corrected chi connectivity index (χ0v) is 13.5. The van der Waals surface area contributed by atoms with Crippen molar-refractivity contribution >= 4 is 10.2 Å². The molecule has 0 radical (unpaired) electrons. The van der Waals surface area contributed by atoms with Crippen molar-refractivity contribution in [2.24, 2.45) is 5.92 Å². The van der Waals surface area contributed by atoms with Gasteiger partial charge in [0.05, 0.1) is 0 Å². The van der Waals surface area contributed by atoms with E-state index < -0.39 is 10.2 Å². The summed E-state index contributed by atoms with van der Waals surface area (Å²) >= 11 is 0. The summed E-state index contributed by atoms with van der Waals surface area (Å²) < 4.78 is 42.2. The molecule has 0 bridgehead atoms. The normalized spacial score (nSPS) is 26.6. The molecule has 0 aromatic heterocycles. The van der Waals surface area contributed by atoms with Crippen molar-refractivity contribution in [3.05, 3.63) is 35.6 Å². The van der Waals surface area contributed by atoms with Crippen LogP contribution in [-0.4, -0.2) is 31.9 Å². The van der Waals surface area contributed by atoms with Crippen LogP contribution in [0.2, 0.25) is 0 Å². The summed E-state index contributed by atoms with van der Waals surface area (Å²) in [4.78, 5) is 0. The molecule has 1 N–H and O–H groups in total. The van der Waals surface area contributed by atoms with Crippen molar-refractivity contribution in [2.75, 3.05) is 13.1 Å². The van der Waals surface area contributed by atoms with Gasteiger partial charge in [0.25, 0.3) is 10.2 Å². The fourth-order valence-electron chi connectivity index (χ4n) is 3.55. The lowest BCUT2D eigenvalue weighted by Crippen LogP contribution is -2.45. The molecule has 1 saturated heterocycles. The van der Waals surface area contributed by atoms with Gasteiger partial charge in [0.15, 0.2) is 0 Å². The minimum Gasteiger partial charge on any atom is -0.207 e. The minimum atomic E-state index is -3.35. The molecule has 2 atom stereocenters. The van der Waals surface area contributed by atoms with E-state index in [0.29, 0.717) is 19.0 Å². The van der Waals surface area contributed by atoms with E-state index in [2.05, 4.69) is 4.72 Å². The maximum absolute atomic E-state index is 13.0. The zero-order chi connectivity index (χ0) is 15.6. The molecule has 1 heterocycles. The van der Waals surface area contributed by atoms with Crippen LogP contribution in [-0.2, 0) is 16.6 Å². The van der Waals surface area contributed by atoms with Gasteiger partial charge < -0.3 is 0 Å². The van der Waals surface area contributed by atoms with E-state index in [1.54, 1.807) is 16.4 Å². The minimum absolute atomic E-state index is 0.00402. The van der Waals surface area contributed by atoms with Gasteiger partial charge in [-0.05, 0) is 55.7 Å². The third kappa shape index (κ3) is 3.67. The molecule has 0 amide bonds. The first-order chi connectivity index (χ1) is 10.5. The number of nitrogens with zero attached hydrogens (tertiary/aromatic N) is 1. The highest BCUT2D eigenvalue weighted by Gasteiger charge is 2.34. The lowest BCUT2D eigenvalue weighted by atomic mass is 9.95. The van der Waals surface area contributed by atoms with Crippen molar-refractivity contribution in [3.8, 4) is 0 Å². The Kier molecular flexibility index (Phi) is 4.80. The highest BCUT2D eigenvalue weighted by Crippen LogP contribution is 2.30. The first-order valence-corrected chi connectivity index (χ1v) is 9.50. The number of hydrogen-bond acceptors (Lipinski definition) is 2. The molecule has 1 aromatic carbocycles. The van der Waals surface area contributed by atoms with Gasteiger partial charge in [-0.2, -0.15) is 17.4 Å². The van der Waals surface area contributed by atoms with Crippen LogP contribution < -0.4 is 4.72 Å². The molecule has 1 aromatic rings. The summed E-state index contributed by atoms with van der Waals surface area (Å²) in [5.74, 6) is 0.0595. The summed E-state index contributed by atoms with van der Waals surface area (Å²) in [5, 5.41) is 0. The van der Waals surface area contributed by atoms with Crippen LogP contribution in [0.15, 0.2) is 24.3 Å². The number of halogens is 1. The summed E-state index contributed by atoms with van der Waals surface area (Å²) in [6, 6.07) is 6.51. The van der Waals surface area contributed by atoms with Crippen LogP contribution in [0.3, 0.4) is 0 Å². The second-order valence-electron chi connectivity index (χ2n) is 6.36. The van der Waals surface area contributed by atoms with E-state index >= 15 is 0 Å². The molecule has 2 aliphatic rings. The van der Waals surface area contributed by atoms with Gasteiger partial charge in [0, 0.05) is 19.1 Å². The van der Waals surface area contributed by atoms with Gasteiger partial charge in [-0.3, -0.25) is 0 Å². The molecule has 4 nitrogen and oxygen atoms in total. The van der Waals surface area contributed by atoms with Crippen molar-refractivity contribution in [2.45, 2.75) is 44.6 Å². The molecular weight excluding hydrogens is 303 g/mol. The van der Waals surface area contributed by atoms with Crippen molar-refractivity contribution in [1.82, 2.24) is 9.03 Å². The highest BCUT2D eigenvalue weighted by atomic mass is 32.2. The highest BCUT2D eigenvalue weighted by molar-refractivity contribution is 7.87. The fourth-order valence-corrected chi connectivity index (χ4v) is 5.13. The number of hydrogen-bond donors (Lipinski definition) is 1. The van der Waals surface area contributed by atoms with Crippen LogP contribution in [0.5, 0.6) is 0 Å². The van der Waals surface area contributed by atoms with Gasteiger partial charge in [0.1, 0.15) is 5.82 Å². The molecule has 0 spiro atoms. The van der Waals surface area contributed by atoms with Crippen LogP contribution in [0.1, 0.15) is 37.7 Å². The molecule has 3 rings (SSSR count). The van der Waals surface area contributed by atoms with Gasteiger partial charge >= 0.3 is 0 Å². The lowest BCUT2D eigenvalue weighted by molar-refractivity contribution is 0.411. The smallest absolute Gasteiger partial charge is 0.207 e. The zero-order valence-electron chi connectivity index (χ0n) is 12.7. The first-order valence-electron chi connectivity index (χ1n) is 8.06. The second-order valence-corrected chi connectivity index (χ2v) is 8.06. The average molecular weight is 326 g/mol. The van der Waals surface area contributed by atoms with E-state index in [1.165, 1.54) is 12.1 Å². The summed E-state index contributed by atoms with van der Waals surface area (Å²) in [6.07, 6.45) is 5.64. The second kappa shape index (κ2) is 6.64. The lowest BCUT2D eigenvalue weighted by Gasteiger charge is -2.24. The average Bonchev–Trinajstić information content (AvgIpc) is 3.14. The van der Waals surface area contributed by atoms with E-state index in [4.69, 9.17) is 0 Å². The Morgan fingerprint density at radius 2 is 1.77 bits per heavy atom. The molecule has 122 valence electrons. The quantitative estimate of drug-likeness (QED) is 0.904. The molecular formula is C16H23FN2O2S. The molecule has 1 saturated carbocycles. The van der Waals surface area contributed by atoms with E-state index in [-0.39, 0.29) is 11.9 Å². The van der Waals surface area contributed by atoms with Crippen molar-refractivity contribution in [3.63, 3.8) is 0 Å². The molecule has 1 aliphatic heterocycles. The predicted molar refractivity (Wildman–Crippen MR) is 84.1 cm³/mol. The standard InChI is InChI=1S/C16H23FN2O2S/c17-15-8-6-13(7-9-15)12-14-4-3-5-16(14)18-22(20,21)19-10-1-2-11-19/h6-9,14,16,18H,1-5,10-12H2/t14-,16-/m0/s1. The molecule has 2 fully saturated rings. The van der Waals surface area contributed by atoms with E-state index in [0.717, 1.165) is 44.1 Å². The Morgan fingerprint density at radius 1 is 1.09 bits per heavy atom. The van der Waals surface area contributed by atoms with Gasteiger partial charge in [-0.1, -0.05) is 18.6 Å².